The molecule has 19 heavy (non-hydrogen) atoms. The molecule has 0 aliphatic carbocycles. The monoisotopic (exact) mass is 270 g/mol. The Morgan fingerprint density at radius 1 is 1.32 bits per heavy atom. The molecule has 0 fully saturated rings. The fraction of sp³-hybridized carbons (Fsp3) is 0.846. The molecule has 1 atom stereocenters. The minimum atomic E-state index is 0.137. The van der Waals surface area contributed by atoms with Crippen molar-refractivity contribution in [1.82, 2.24) is 20.3 Å². The lowest BCUT2D eigenvalue weighted by Gasteiger charge is -2.19. The molecule has 1 heterocycles. The number of nitrogens with one attached hydrogen (secondary N) is 1. The number of rotatable bonds is 11. The third-order valence-corrected chi connectivity index (χ3v) is 2.80. The summed E-state index contributed by atoms with van der Waals surface area (Å²) in [5.41, 5.74) is 1.09. The standard InChI is InChI=1S/C13H26N4O2/c1-4-6-14-12(11-19-9-8-18-3)13-10-15-16-17(13)7-5-2/h10,12,14H,4-9,11H2,1-3H3. The molecule has 1 N–H and O–H groups in total. The van der Waals surface area contributed by atoms with Crippen molar-refractivity contribution >= 4 is 0 Å². The smallest absolute Gasteiger partial charge is 0.0780 e. The first-order valence-electron chi connectivity index (χ1n) is 7.01. The Morgan fingerprint density at radius 3 is 2.84 bits per heavy atom. The summed E-state index contributed by atoms with van der Waals surface area (Å²) >= 11 is 0. The maximum Gasteiger partial charge on any atom is 0.0780 e. The molecular weight excluding hydrogens is 244 g/mol. The van der Waals surface area contributed by atoms with Crippen molar-refractivity contribution in [3.05, 3.63) is 11.9 Å². The number of aromatic nitrogens is 3. The Balaban J connectivity index is 2.57. The molecule has 1 rings (SSSR count). The maximum atomic E-state index is 5.63. The lowest BCUT2D eigenvalue weighted by atomic mass is 10.2. The van der Waals surface area contributed by atoms with Crippen LogP contribution in [0.2, 0.25) is 0 Å². The van der Waals surface area contributed by atoms with E-state index in [4.69, 9.17) is 9.47 Å². The highest BCUT2D eigenvalue weighted by Gasteiger charge is 2.16. The van der Waals surface area contributed by atoms with Gasteiger partial charge in [-0.1, -0.05) is 19.1 Å². The normalized spacial score (nSPS) is 12.8. The number of ether oxygens (including phenoxy) is 2. The third kappa shape index (κ3) is 5.67. The van der Waals surface area contributed by atoms with Gasteiger partial charge in [0.15, 0.2) is 0 Å². The van der Waals surface area contributed by atoms with Gasteiger partial charge in [0, 0.05) is 13.7 Å². The van der Waals surface area contributed by atoms with Crippen molar-refractivity contribution in [2.24, 2.45) is 0 Å². The average molecular weight is 270 g/mol. The highest BCUT2D eigenvalue weighted by atomic mass is 16.5. The van der Waals surface area contributed by atoms with Crippen molar-refractivity contribution in [3.63, 3.8) is 0 Å². The summed E-state index contributed by atoms with van der Waals surface area (Å²) in [6.07, 6.45) is 3.95. The second-order valence-corrected chi connectivity index (χ2v) is 4.46. The van der Waals surface area contributed by atoms with Gasteiger partial charge in [-0.25, -0.2) is 4.68 Å². The third-order valence-electron chi connectivity index (χ3n) is 2.80. The van der Waals surface area contributed by atoms with E-state index in [0.29, 0.717) is 19.8 Å². The molecule has 1 unspecified atom stereocenters. The van der Waals surface area contributed by atoms with Crippen molar-refractivity contribution in [3.8, 4) is 0 Å². The lowest BCUT2D eigenvalue weighted by molar-refractivity contribution is 0.0573. The molecule has 0 aliphatic rings. The van der Waals surface area contributed by atoms with Crippen LogP contribution < -0.4 is 5.32 Å². The van der Waals surface area contributed by atoms with Crippen LogP contribution >= 0.6 is 0 Å². The van der Waals surface area contributed by atoms with E-state index in [2.05, 4.69) is 29.5 Å². The Kier molecular flexibility index (Phi) is 8.36. The van der Waals surface area contributed by atoms with Crippen LogP contribution in [-0.2, 0) is 16.0 Å². The molecule has 0 spiro atoms. The minimum Gasteiger partial charge on any atom is -0.382 e. The maximum absolute atomic E-state index is 5.63. The Bertz CT molecular complexity index is 330. The number of methoxy groups -OCH3 is 1. The molecule has 0 aliphatic heterocycles. The minimum absolute atomic E-state index is 0.137. The first-order chi connectivity index (χ1) is 9.33. The van der Waals surface area contributed by atoms with Crippen molar-refractivity contribution in [2.75, 3.05) is 33.5 Å². The van der Waals surface area contributed by atoms with Gasteiger partial charge in [0.1, 0.15) is 0 Å². The SMILES string of the molecule is CCCNC(COCCOC)c1cnnn1CCC. The van der Waals surface area contributed by atoms with Crippen LogP contribution in [0.15, 0.2) is 6.20 Å². The number of nitrogens with zero attached hydrogens (tertiary/aromatic N) is 3. The van der Waals surface area contributed by atoms with E-state index in [9.17, 15) is 0 Å². The summed E-state index contributed by atoms with van der Waals surface area (Å²) < 4.78 is 12.6. The largest absolute Gasteiger partial charge is 0.382 e. The van der Waals surface area contributed by atoms with Crippen LogP contribution in [0.5, 0.6) is 0 Å². The van der Waals surface area contributed by atoms with Crippen LogP contribution in [0.1, 0.15) is 38.4 Å². The molecule has 6 nitrogen and oxygen atoms in total. The fourth-order valence-electron chi connectivity index (χ4n) is 1.83. The Morgan fingerprint density at radius 2 is 2.16 bits per heavy atom. The predicted octanol–water partition coefficient (Wildman–Crippen LogP) is 1.39. The van der Waals surface area contributed by atoms with Crippen molar-refractivity contribution in [2.45, 2.75) is 39.3 Å². The highest BCUT2D eigenvalue weighted by molar-refractivity contribution is 5.02. The fourth-order valence-corrected chi connectivity index (χ4v) is 1.83. The van der Waals surface area contributed by atoms with Gasteiger partial charge in [-0.05, 0) is 19.4 Å². The summed E-state index contributed by atoms with van der Waals surface area (Å²) in [6.45, 7) is 7.96. The van der Waals surface area contributed by atoms with E-state index >= 15 is 0 Å². The van der Waals surface area contributed by atoms with Gasteiger partial charge in [-0.15, -0.1) is 5.10 Å². The number of hydrogen-bond donors (Lipinski definition) is 1. The zero-order valence-electron chi connectivity index (χ0n) is 12.3. The van der Waals surface area contributed by atoms with E-state index < -0.39 is 0 Å². The molecule has 1 aromatic heterocycles. The summed E-state index contributed by atoms with van der Waals surface area (Å²) in [4.78, 5) is 0. The Hall–Kier alpha value is -0.980. The molecular formula is C13H26N4O2. The van der Waals surface area contributed by atoms with Crippen LogP contribution in [0.3, 0.4) is 0 Å². The van der Waals surface area contributed by atoms with E-state index in [1.165, 1.54) is 0 Å². The van der Waals surface area contributed by atoms with Crippen LogP contribution in [0.4, 0.5) is 0 Å². The second kappa shape index (κ2) is 9.89. The first kappa shape index (κ1) is 16.1. The van der Waals surface area contributed by atoms with E-state index in [0.717, 1.165) is 31.6 Å². The summed E-state index contributed by atoms with van der Waals surface area (Å²) in [5, 5.41) is 11.6. The van der Waals surface area contributed by atoms with E-state index in [1.807, 2.05) is 10.9 Å². The van der Waals surface area contributed by atoms with Gasteiger partial charge in [-0.2, -0.15) is 0 Å². The number of aryl methyl sites for hydroxylation is 1. The quantitative estimate of drug-likeness (QED) is 0.616. The van der Waals surface area contributed by atoms with Gasteiger partial charge < -0.3 is 14.8 Å². The van der Waals surface area contributed by atoms with Gasteiger partial charge in [0.05, 0.1) is 37.8 Å². The molecule has 110 valence electrons. The molecule has 1 aromatic rings. The highest BCUT2D eigenvalue weighted by Crippen LogP contribution is 2.12. The number of hydrogen-bond acceptors (Lipinski definition) is 5. The van der Waals surface area contributed by atoms with Crippen molar-refractivity contribution in [1.29, 1.82) is 0 Å². The summed E-state index contributed by atoms with van der Waals surface area (Å²) in [7, 11) is 1.68. The van der Waals surface area contributed by atoms with Crippen LogP contribution in [0, 0.1) is 0 Å². The van der Waals surface area contributed by atoms with Crippen LogP contribution in [0.25, 0.3) is 0 Å². The van der Waals surface area contributed by atoms with Gasteiger partial charge in [-0.3, -0.25) is 0 Å². The lowest BCUT2D eigenvalue weighted by Crippen LogP contribution is -2.29. The van der Waals surface area contributed by atoms with E-state index in [1.54, 1.807) is 7.11 Å². The van der Waals surface area contributed by atoms with Gasteiger partial charge in [0.2, 0.25) is 0 Å². The predicted molar refractivity (Wildman–Crippen MR) is 74.0 cm³/mol. The topological polar surface area (TPSA) is 61.2 Å². The Labute approximate surface area is 115 Å². The zero-order chi connectivity index (χ0) is 13.9. The molecule has 0 saturated carbocycles. The molecule has 6 heteroatoms. The molecule has 0 bridgehead atoms. The summed E-state index contributed by atoms with van der Waals surface area (Å²) in [5.74, 6) is 0. The van der Waals surface area contributed by atoms with Gasteiger partial charge >= 0.3 is 0 Å². The van der Waals surface area contributed by atoms with E-state index in [-0.39, 0.29) is 6.04 Å². The molecule has 0 radical (unpaired) electrons. The zero-order valence-corrected chi connectivity index (χ0v) is 12.3. The second-order valence-electron chi connectivity index (χ2n) is 4.46. The average Bonchev–Trinajstić information content (AvgIpc) is 2.87. The van der Waals surface area contributed by atoms with Gasteiger partial charge in [0.25, 0.3) is 0 Å². The molecule has 0 amide bonds. The summed E-state index contributed by atoms with van der Waals surface area (Å²) in [6, 6.07) is 0.137. The first-order valence-corrected chi connectivity index (χ1v) is 7.01. The molecule has 0 saturated heterocycles. The van der Waals surface area contributed by atoms with Crippen LogP contribution in [-0.4, -0.2) is 48.5 Å². The van der Waals surface area contributed by atoms with Crippen molar-refractivity contribution < 1.29 is 9.47 Å². The molecule has 0 aromatic carbocycles.